The third kappa shape index (κ3) is 1040. The van der Waals surface area contributed by atoms with Gasteiger partial charge in [-0.3, -0.25) is 63.7 Å². The summed E-state index contributed by atoms with van der Waals surface area (Å²) in [5.41, 5.74) is 0. The van der Waals surface area contributed by atoms with Crippen LogP contribution in [-0.2, 0) is 27.4 Å². The summed E-state index contributed by atoms with van der Waals surface area (Å²) in [5.74, 6) is 0. The second kappa shape index (κ2) is 22.9. The van der Waals surface area contributed by atoms with Crippen molar-refractivity contribution in [2.75, 3.05) is 13.1 Å². The van der Waals surface area contributed by atoms with Gasteiger partial charge in [0.25, 0.3) is 0 Å². The van der Waals surface area contributed by atoms with Gasteiger partial charge in [0, 0.05) is 13.1 Å². The summed E-state index contributed by atoms with van der Waals surface area (Å²) in [6, 6.07) is 0. The Morgan fingerprint density at radius 1 is 0.500 bits per heavy atom. The van der Waals surface area contributed by atoms with E-state index in [1.165, 1.54) is 6.42 Å². The van der Waals surface area contributed by atoms with E-state index >= 15 is 0 Å². The van der Waals surface area contributed by atoms with Crippen molar-refractivity contribution in [3.05, 3.63) is 0 Å². The monoisotopic (exact) mass is 684 g/mol. The molecule has 226 valence electrons. The van der Waals surface area contributed by atoms with Crippen LogP contribution in [0.3, 0.4) is 0 Å². The molecule has 0 atom stereocenters. The van der Waals surface area contributed by atoms with Gasteiger partial charge in [-0.05, 0) is 6.42 Å². The molecular weight excluding hydrogens is 664 g/mol. The highest BCUT2D eigenvalue weighted by Gasteiger charge is 2.06. The van der Waals surface area contributed by atoms with Crippen LogP contribution in [0.1, 0.15) is 6.42 Å². The third-order valence-electron chi connectivity index (χ3n) is 0.791. The zero-order valence-electron chi connectivity index (χ0n) is 16.4. The molecule has 0 fully saturated rings. The van der Waals surface area contributed by atoms with Gasteiger partial charge >= 0.3 is 47.4 Å². The first-order valence-corrected chi connectivity index (χ1v) is 15.7. The van der Waals surface area contributed by atoms with Crippen molar-refractivity contribution >= 4 is 53.8 Å². The zero-order valence-corrected chi connectivity index (χ0v) is 21.8. The number of aliphatic imine (C=N–C) groups is 1. The van der Waals surface area contributed by atoms with E-state index in [0.717, 1.165) is 13.1 Å². The lowest BCUT2D eigenvalue weighted by Gasteiger charge is -2.01. The van der Waals surface area contributed by atoms with Gasteiger partial charge in [0.05, 0.1) is 6.34 Å². The Bertz CT molecular complexity index is 624. The first kappa shape index (κ1) is 49.0. The molecule has 0 aliphatic carbocycles. The Morgan fingerprint density at radius 2 is 0.667 bits per heavy atom. The first-order valence-electron chi connectivity index (χ1n) is 6.73. The minimum Gasteiger partial charge on any atom is -0.376 e. The second-order valence-corrected chi connectivity index (χ2v) is 9.86. The van der Waals surface area contributed by atoms with Gasteiger partial charge in [0.1, 0.15) is 0 Å². The molecule has 0 saturated carbocycles. The maximum Gasteiger partial charge on any atom is 0.507 e. The smallest absolute Gasteiger partial charge is 0.376 e. The van der Waals surface area contributed by atoms with E-state index in [9.17, 15) is 25.2 Å². The first-order chi connectivity index (χ1) is 15.0. The van der Waals surface area contributed by atoms with Crippen LogP contribution in [0.5, 0.6) is 0 Å². The van der Waals surface area contributed by atoms with Crippen molar-refractivity contribution in [3.8, 4) is 0 Å². The van der Waals surface area contributed by atoms with Crippen molar-refractivity contribution in [3.63, 3.8) is 0 Å². The lowest BCUT2D eigenvalue weighted by atomic mass is 10.4. The lowest BCUT2D eigenvalue weighted by molar-refractivity contribution is 0.320. The van der Waals surface area contributed by atoms with Crippen molar-refractivity contribution < 1.29 is 111 Å². The molecule has 32 heteroatoms. The van der Waals surface area contributed by atoms with E-state index in [0.29, 0.717) is 0 Å². The highest BCUT2D eigenvalue weighted by molar-refractivity contribution is 7.46. The Hall–Kier alpha value is -0.0500. The number of rotatable bonds is 0. The predicted octanol–water partition coefficient (Wildman–Crippen LogP) is 0.300. The minimum atomic E-state index is -5.14. The molecule has 0 aromatic heterocycles. The standard InChI is InChI=1S/C4H8N2.6FH2O3P/c1-2-5-4-6-3-1;6*1-5(2,3)4/h4H,1-3H2,(H,5,6);6*(H2,2,3,4). The fraction of sp³-hybridized carbons (Fsp3) is 0.750. The molecular formula is C4H20F6N2O18P6. The van der Waals surface area contributed by atoms with Crippen molar-refractivity contribution in [1.82, 2.24) is 5.32 Å². The molecule has 0 radical (unpaired) electrons. The van der Waals surface area contributed by atoms with Crippen LogP contribution in [0.15, 0.2) is 4.99 Å². The van der Waals surface area contributed by atoms with Crippen LogP contribution in [-0.4, -0.2) is 78.1 Å². The Morgan fingerprint density at radius 3 is 0.694 bits per heavy atom. The fourth-order valence-corrected chi connectivity index (χ4v) is 0.466. The average Bonchev–Trinajstić information content (AvgIpc) is 2.37. The van der Waals surface area contributed by atoms with Gasteiger partial charge in [-0.25, -0.2) is 27.4 Å². The molecule has 13 N–H and O–H groups in total. The molecule has 36 heavy (non-hydrogen) atoms. The maximum atomic E-state index is 10.4. The van der Waals surface area contributed by atoms with Gasteiger partial charge in [-0.2, -0.15) is 0 Å². The number of nitrogens with one attached hydrogen (secondary N) is 1. The van der Waals surface area contributed by atoms with E-state index in [2.05, 4.69) is 10.3 Å². The van der Waals surface area contributed by atoms with Gasteiger partial charge < -0.3 is 5.32 Å². The minimum absolute atomic E-state index is 1.01. The molecule has 0 amide bonds. The van der Waals surface area contributed by atoms with Gasteiger partial charge in [-0.15, -0.1) is 25.2 Å². The van der Waals surface area contributed by atoms with E-state index in [-0.39, 0.29) is 0 Å². The van der Waals surface area contributed by atoms with Crippen LogP contribution >= 0.6 is 47.4 Å². The van der Waals surface area contributed by atoms with E-state index in [4.69, 9.17) is 86.1 Å². The molecule has 1 aliphatic heterocycles. The maximum absolute atomic E-state index is 10.4. The lowest BCUT2D eigenvalue weighted by Crippen LogP contribution is -2.17. The number of halogens is 6. The summed E-state index contributed by atoms with van der Waals surface area (Å²) in [6.07, 6.45) is 2.96. The number of hydrogen-bond donors (Lipinski definition) is 13. The molecule has 0 aromatic carbocycles. The molecule has 0 bridgehead atoms. The Balaban J connectivity index is -0.0000000731. The van der Waals surface area contributed by atoms with Crippen LogP contribution in [0.2, 0.25) is 0 Å². The van der Waals surface area contributed by atoms with Crippen LogP contribution in [0, 0.1) is 0 Å². The molecule has 1 aliphatic rings. The van der Waals surface area contributed by atoms with Crippen LogP contribution in [0.25, 0.3) is 0 Å². The van der Waals surface area contributed by atoms with Crippen LogP contribution < -0.4 is 5.32 Å². The summed E-state index contributed by atoms with van der Waals surface area (Å²) in [6.45, 7) is 2.11. The zero-order chi connectivity index (χ0) is 31.2. The molecule has 0 unspecified atom stereocenters. The second-order valence-electron chi connectivity index (χ2n) is 4.18. The quantitative estimate of drug-likeness (QED) is 0.120. The van der Waals surface area contributed by atoms with Gasteiger partial charge in [-0.1, -0.05) is 0 Å². The SMILES string of the molecule is C1=NCCCN1.O=P(O)(O)F.O=P(O)(O)F.O=P(O)(O)F.O=P(O)(O)F.O=P(O)(O)F.O=P(O)(O)F. The fourth-order valence-electron chi connectivity index (χ4n) is 0.466. The molecule has 1 rings (SSSR count). The summed E-state index contributed by atoms with van der Waals surface area (Å²) < 4.78 is 114. The highest BCUT2D eigenvalue weighted by atomic mass is 31.2. The van der Waals surface area contributed by atoms with Crippen molar-refractivity contribution in [2.45, 2.75) is 6.42 Å². The van der Waals surface area contributed by atoms with Crippen molar-refractivity contribution in [1.29, 1.82) is 0 Å². The summed E-state index contributed by atoms with van der Waals surface area (Å²) in [5, 5.41) is 2.99. The van der Waals surface area contributed by atoms with E-state index in [1.807, 2.05) is 0 Å². The Labute approximate surface area is 195 Å². The predicted molar refractivity (Wildman–Crippen MR) is 105 cm³/mol. The van der Waals surface area contributed by atoms with E-state index in [1.54, 1.807) is 6.34 Å². The molecule has 20 nitrogen and oxygen atoms in total. The summed E-state index contributed by atoms with van der Waals surface area (Å²) >= 11 is 0. The third-order valence-corrected chi connectivity index (χ3v) is 0.791. The average molecular weight is 684 g/mol. The van der Waals surface area contributed by atoms with Gasteiger partial charge in [0.2, 0.25) is 0 Å². The normalized spacial score (nSPS) is 13.2. The Kier molecular flexibility index (Phi) is 31.1. The number of nitrogens with zero attached hydrogens (tertiary/aromatic N) is 1. The molecule has 0 aromatic rings. The van der Waals surface area contributed by atoms with E-state index < -0.39 is 47.4 Å². The molecule has 0 spiro atoms. The van der Waals surface area contributed by atoms with Crippen molar-refractivity contribution in [2.24, 2.45) is 4.99 Å². The summed E-state index contributed by atoms with van der Waals surface area (Å²) in [4.78, 5) is 87.5. The topological polar surface area (TPSA) is 370 Å². The van der Waals surface area contributed by atoms with Gasteiger partial charge in [0.15, 0.2) is 0 Å². The largest absolute Gasteiger partial charge is 0.507 e. The molecule has 0 saturated heterocycles. The number of hydrogen-bond acceptors (Lipinski definition) is 8. The molecule has 1 heterocycles. The summed E-state index contributed by atoms with van der Waals surface area (Å²) in [7, 11) is -30.8. The van der Waals surface area contributed by atoms with Crippen LogP contribution in [0.4, 0.5) is 25.2 Å². The highest BCUT2D eigenvalue weighted by Crippen LogP contribution is 2.37.